The van der Waals surface area contributed by atoms with Crippen LogP contribution in [0.4, 0.5) is 5.95 Å². The van der Waals surface area contributed by atoms with Crippen LogP contribution in [-0.2, 0) is 14.3 Å². The minimum Gasteiger partial charge on any atom is -0.482 e. The van der Waals surface area contributed by atoms with Gasteiger partial charge in [-0.3, -0.25) is 9.59 Å². The third-order valence-corrected chi connectivity index (χ3v) is 6.97. The number of morpholine rings is 1. The zero-order valence-electron chi connectivity index (χ0n) is 19.0. The van der Waals surface area contributed by atoms with Crippen LogP contribution in [0, 0.1) is 0 Å². The second kappa shape index (κ2) is 10.0. The molecule has 2 atom stereocenters. The van der Waals surface area contributed by atoms with E-state index >= 15 is 0 Å². The van der Waals surface area contributed by atoms with Gasteiger partial charge < -0.3 is 19.4 Å². The minimum absolute atomic E-state index is 0.0321. The molecule has 3 heterocycles. The van der Waals surface area contributed by atoms with Crippen LogP contribution in [0.2, 0.25) is 5.02 Å². The van der Waals surface area contributed by atoms with Crippen molar-refractivity contribution in [3.05, 3.63) is 59.1 Å². The zero-order chi connectivity index (χ0) is 23.5. The van der Waals surface area contributed by atoms with E-state index in [1.54, 1.807) is 41.6 Å². The van der Waals surface area contributed by atoms with Crippen molar-refractivity contribution in [3.8, 4) is 0 Å². The number of aromatic nitrogens is 2. The molecule has 0 N–H and O–H groups in total. The first-order valence-corrected chi connectivity index (χ1v) is 12.2. The molecule has 2 saturated heterocycles. The fourth-order valence-corrected chi connectivity index (χ4v) is 5.16. The average molecular weight is 482 g/mol. The summed E-state index contributed by atoms with van der Waals surface area (Å²) in [5.41, 5.74) is 0.802. The summed E-state index contributed by atoms with van der Waals surface area (Å²) in [6, 6.07) is 9.03. The van der Waals surface area contributed by atoms with E-state index in [0.717, 1.165) is 31.2 Å². The van der Waals surface area contributed by atoms with Crippen LogP contribution < -0.4 is 4.90 Å². The molecule has 1 saturated carbocycles. The molecule has 5 rings (SSSR count). The molecule has 178 valence electrons. The Kier molecular flexibility index (Phi) is 6.67. The standard InChI is InChI=1S/C25H28ClN5O3/c26-19-6-3-5-18(15-19)16-22-24(33)31(20-7-1-2-8-21(20)34-22)17-23(32)29-11-13-30(14-12-29)25-27-9-4-10-28-25/h3-6,9-10,15-16,20-21H,1-2,7-8,11-14,17H2/b22-16+. The monoisotopic (exact) mass is 481 g/mol. The predicted molar refractivity (Wildman–Crippen MR) is 129 cm³/mol. The molecule has 1 aromatic carbocycles. The highest BCUT2D eigenvalue weighted by molar-refractivity contribution is 6.30. The van der Waals surface area contributed by atoms with Gasteiger partial charge in [-0.05, 0) is 49.1 Å². The van der Waals surface area contributed by atoms with Crippen molar-refractivity contribution >= 4 is 35.4 Å². The van der Waals surface area contributed by atoms with Crippen LogP contribution in [0.3, 0.4) is 0 Å². The summed E-state index contributed by atoms with van der Waals surface area (Å²) < 4.78 is 6.15. The molecular formula is C25H28ClN5O3. The summed E-state index contributed by atoms with van der Waals surface area (Å²) in [7, 11) is 0. The van der Waals surface area contributed by atoms with Crippen molar-refractivity contribution in [3.63, 3.8) is 0 Å². The number of carbonyl (C=O) groups is 2. The van der Waals surface area contributed by atoms with E-state index in [4.69, 9.17) is 16.3 Å². The fraction of sp³-hybridized carbons (Fsp3) is 0.440. The molecule has 2 unspecified atom stereocenters. The van der Waals surface area contributed by atoms with Crippen LogP contribution in [0.5, 0.6) is 0 Å². The van der Waals surface area contributed by atoms with Gasteiger partial charge in [-0.25, -0.2) is 9.97 Å². The van der Waals surface area contributed by atoms with Crippen molar-refractivity contribution < 1.29 is 14.3 Å². The lowest BCUT2D eigenvalue weighted by Crippen LogP contribution is -2.58. The highest BCUT2D eigenvalue weighted by atomic mass is 35.5. The van der Waals surface area contributed by atoms with Gasteiger partial charge in [0.1, 0.15) is 12.6 Å². The minimum atomic E-state index is -0.229. The summed E-state index contributed by atoms with van der Waals surface area (Å²) in [4.78, 5) is 40.9. The number of hydrogen-bond donors (Lipinski definition) is 0. The highest BCUT2D eigenvalue weighted by Gasteiger charge is 2.42. The smallest absolute Gasteiger partial charge is 0.289 e. The van der Waals surface area contributed by atoms with Crippen LogP contribution in [0.1, 0.15) is 31.2 Å². The fourth-order valence-electron chi connectivity index (χ4n) is 4.97. The maximum Gasteiger partial charge on any atom is 0.289 e. The zero-order valence-corrected chi connectivity index (χ0v) is 19.7. The summed E-state index contributed by atoms with van der Waals surface area (Å²) in [5, 5.41) is 0.597. The van der Waals surface area contributed by atoms with Gasteiger partial charge in [0.25, 0.3) is 5.91 Å². The van der Waals surface area contributed by atoms with Gasteiger partial charge in [0.2, 0.25) is 11.9 Å². The molecule has 0 spiro atoms. The third kappa shape index (κ3) is 4.87. The Hall–Kier alpha value is -3.13. The van der Waals surface area contributed by atoms with E-state index < -0.39 is 0 Å². The van der Waals surface area contributed by atoms with Gasteiger partial charge in [-0.2, -0.15) is 0 Å². The lowest BCUT2D eigenvalue weighted by Gasteiger charge is -2.45. The molecule has 34 heavy (non-hydrogen) atoms. The topological polar surface area (TPSA) is 78.9 Å². The van der Waals surface area contributed by atoms with Gasteiger partial charge in [-0.1, -0.05) is 30.2 Å². The molecule has 9 heteroatoms. The van der Waals surface area contributed by atoms with Crippen molar-refractivity contribution in [1.29, 1.82) is 0 Å². The Morgan fingerprint density at radius 3 is 2.62 bits per heavy atom. The van der Waals surface area contributed by atoms with Crippen LogP contribution in [-0.4, -0.2) is 76.5 Å². The number of piperazine rings is 1. The van der Waals surface area contributed by atoms with Crippen LogP contribution in [0.25, 0.3) is 6.08 Å². The Balaban J connectivity index is 1.29. The summed E-state index contributed by atoms with van der Waals surface area (Å²) in [5.74, 6) is 0.700. The summed E-state index contributed by atoms with van der Waals surface area (Å²) in [6.07, 6.45) is 8.92. The Morgan fingerprint density at radius 1 is 1.09 bits per heavy atom. The van der Waals surface area contributed by atoms with Gasteiger partial charge in [0.05, 0.1) is 6.04 Å². The summed E-state index contributed by atoms with van der Waals surface area (Å²) >= 11 is 6.12. The largest absolute Gasteiger partial charge is 0.482 e. The number of hydrogen-bond acceptors (Lipinski definition) is 6. The van der Waals surface area contributed by atoms with Crippen LogP contribution in [0.15, 0.2) is 48.5 Å². The van der Waals surface area contributed by atoms with Gasteiger partial charge in [0, 0.05) is 43.6 Å². The van der Waals surface area contributed by atoms with Gasteiger partial charge in [0.15, 0.2) is 5.76 Å². The molecule has 0 bridgehead atoms. The predicted octanol–water partition coefficient (Wildman–Crippen LogP) is 2.99. The maximum absolute atomic E-state index is 13.4. The number of anilines is 1. The second-order valence-electron chi connectivity index (χ2n) is 8.92. The Morgan fingerprint density at radius 2 is 1.85 bits per heavy atom. The van der Waals surface area contributed by atoms with Crippen molar-refractivity contribution in [2.24, 2.45) is 0 Å². The van der Waals surface area contributed by atoms with E-state index in [9.17, 15) is 9.59 Å². The number of carbonyl (C=O) groups excluding carboxylic acids is 2. The molecule has 3 fully saturated rings. The molecule has 1 aliphatic carbocycles. The van der Waals surface area contributed by atoms with Crippen molar-refractivity contribution in [2.45, 2.75) is 37.8 Å². The van der Waals surface area contributed by atoms with Gasteiger partial charge >= 0.3 is 0 Å². The molecule has 0 radical (unpaired) electrons. The van der Waals surface area contributed by atoms with E-state index in [1.165, 1.54) is 0 Å². The molecule has 1 aromatic heterocycles. The van der Waals surface area contributed by atoms with E-state index in [-0.39, 0.29) is 36.3 Å². The van der Waals surface area contributed by atoms with Crippen molar-refractivity contribution in [2.75, 3.05) is 37.6 Å². The van der Waals surface area contributed by atoms with Gasteiger partial charge in [-0.15, -0.1) is 0 Å². The second-order valence-corrected chi connectivity index (χ2v) is 9.36. The Labute approximate surface area is 204 Å². The maximum atomic E-state index is 13.4. The van der Waals surface area contributed by atoms with E-state index in [0.29, 0.717) is 37.1 Å². The first kappa shape index (κ1) is 22.7. The number of halogens is 1. The molecule has 2 aromatic rings. The lowest BCUT2D eigenvalue weighted by atomic mass is 9.89. The number of nitrogens with zero attached hydrogens (tertiary/aromatic N) is 5. The van der Waals surface area contributed by atoms with E-state index in [2.05, 4.69) is 14.9 Å². The molecule has 2 aliphatic heterocycles. The number of ether oxygens (including phenoxy) is 1. The average Bonchev–Trinajstić information content (AvgIpc) is 2.87. The first-order valence-electron chi connectivity index (χ1n) is 11.8. The molecular weight excluding hydrogens is 454 g/mol. The van der Waals surface area contributed by atoms with Crippen molar-refractivity contribution in [1.82, 2.24) is 19.8 Å². The quantitative estimate of drug-likeness (QED) is 0.625. The third-order valence-electron chi connectivity index (χ3n) is 6.74. The van der Waals surface area contributed by atoms with E-state index in [1.807, 2.05) is 17.0 Å². The molecule has 8 nitrogen and oxygen atoms in total. The molecule has 2 amide bonds. The lowest BCUT2D eigenvalue weighted by molar-refractivity contribution is -0.154. The Bertz CT molecular complexity index is 1070. The normalized spacial score (nSPS) is 24.1. The number of amides is 2. The highest BCUT2D eigenvalue weighted by Crippen LogP contribution is 2.33. The SMILES string of the molecule is O=C(CN1C(=O)/C(=C\c2cccc(Cl)c2)OC2CCCCC21)N1CCN(c2ncccn2)CC1. The van der Waals surface area contributed by atoms with Crippen LogP contribution >= 0.6 is 11.6 Å². The molecule has 3 aliphatic rings. The number of benzene rings is 1. The first-order chi connectivity index (χ1) is 16.6. The number of fused-ring (bicyclic) bond motifs is 1. The number of rotatable bonds is 4. The summed E-state index contributed by atoms with van der Waals surface area (Å²) in [6.45, 7) is 2.56.